The Morgan fingerprint density at radius 3 is 2.68 bits per heavy atom. The lowest BCUT2D eigenvalue weighted by atomic mass is 9.99. The van der Waals surface area contributed by atoms with Gasteiger partial charge in [-0.25, -0.2) is 4.79 Å². The Hall–Kier alpha value is -2.14. The minimum Gasteiger partial charge on any atom is -0.545 e. The molecule has 0 atom stereocenters. The number of halogens is 1. The van der Waals surface area contributed by atoms with Gasteiger partial charge in [-0.3, -0.25) is 0 Å². The van der Waals surface area contributed by atoms with Crippen LogP contribution in [0.15, 0.2) is 27.5 Å². The van der Waals surface area contributed by atoms with E-state index in [1.54, 1.807) is 19.9 Å². The zero-order valence-electron chi connectivity index (χ0n) is 10.2. The largest absolute Gasteiger partial charge is 0.545 e. The SMILES string of the molecule is Cc1noc(=O)c(C)c1-c1ccc(Cl)c(C(=O)[O-])c1. The van der Waals surface area contributed by atoms with Gasteiger partial charge >= 0.3 is 5.63 Å². The van der Waals surface area contributed by atoms with E-state index in [1.807, 2.05) is 0 Å². The molecule has 0 aliphatic heterocycles. The molecule has 1 heterocycles. The van der Waals surface area contributed by atoms with E-state index in [0.717, 1.165) is 0 Å². The maximum Gasteiger partial charge on any atom is 0.362 e. The van der Waals surface area contributed by atoms with Gasteiger partial charge in [-0.05, 0) is 31.5 Å². The van der Waals surface area contributed by atoms with E-state index in [0.29, 0.717) is 22.4 Å². The first-order valence-electron chi connectivity index (χ1n) is 5.40. The van der Waals surface area contributed by atoms with Crippen molar-refractivity contribution in [2.24, 2.45) is 0 Å². The van der Waals surface area contributed by atoms with Crippen LogP contribution in [-0.2, 0) is 0 Å². The highest BCUT2D eigenvalue weighted by Crippen LogP contribution is 2.27. The highest BCUT2D eigenvalue weighted by molar-refractivity contribution is 6.33. The summed E-state index contributed by atoms with van der Waals surface area (Å²) in [5.74, 6) is -1.38. The van der Waals surface area contributed by atoms with Crippen LogP contribution in [0.25, 0.3) is 11.1 Å². The average Bonchev–Trinajstić information content (AvgIpc) is 2.36. The summed E-state index contributed by atoms with van der Waals surface area (Å²) in [6.07, 6.45) is 0. The number of carboxylic acid groups (broad SMARTS) is 1. The zero-order chi connectivity index (χ0) is 14.2. The number of aromatic nitrogens is 1. The van der Waals surface area contributed by atoms with Crippen LogP contribution in [0.2, 0.25) is 5.02 Å². The summed E-state index contributed by atoms with van der Waals surface area (Å²) in [5.41, 5.74) is 1.22. The lowest BCUT2D eigenvalue weighted by Gasteiger charge is -2.11. The lowest BCUT2D eigenvalue weighted by molar-refractivity contribution is -0.255. The molecule has 0 amide bonds. The maximum absolute atomic E-state index is 11.5. The molecule has 98 valence electrons. The Kier molecular flexibility index (Phi) is 3.40. The van der Waals surface area contributed by atoms with Crippen molar-refractivity contribution in [2.75, 3.05) is 0 Å². The van der Waals surface area contributed by atoms with Crippen molar-refractivity contribution < 1.29 is 14.4 Å². The van der Waals surface area contributed by atoms with Gasteiger partial charge in [0.05, 0.1) is 11.7 Å². The monoisotopic (exact) mass is 278 g/mol. The molecule has 1 aromatic carbocycles. The molecule has 0 aliphatic rings. The van der Waals surface area contributed by atoms with Gasteiger partial charge < -0.3 is 14.4 Å². The molecule has 0 saturated heterocycles. The van der Waals surface area contributed by atoms with Crippen molar-refractivity contribution in [3.63, 3.8) is 0 Å². The molecule has 0 spiro atoms. The quantitative estimate of drug-likeness (QED) is 0.827. The second-order valence-electron chi connectivity index (χ2n) is 4.04. The predicted octanol–water partition coefficient (Wildman–Crippen LogP) is 1.34. The van der Waals surface area contributed by atoms with Crippen LogP contribution in [0.5, 0.6) is 0 Å². The molecule has 0 saturated carbocycles. The second kappa shape index (κ2) is 4.85. The third-order valence-corrected chi connectivity index (χ3v) is 3.11. The van der Waals surface area contributed by atoms with Gasteiger partial charge in [-0.15, -0.1) is 0 Å². The minimum atomic E-state index is -1.38. The number of hydrogen-bond acceptors (Lipinski definition) is 5. The minimum absolute atomic E-state index is 0.0787. The molecule has 0 fully saturated rings. The topological polar surface area (TPSA) is 83.2 Å². The summed E-state index contributed by atoms with van der Waals surface area (Å²) in [6.45, 7) is 3.25. The zero-order valence-corrected chi connectivity index (χ0v) is 10.9. The summed E-state index contributed by atoms with van der Waals surface area (Å²) < 4.78 is 4.59. The number of nitrogens with zero attached hydrogens (tertiary/aromatic N) is 1. The second-order valence-corrected chi connectivity index (χ2v) is 4.44. The van der Waals surface area contributed by atoms with Crippen molar-refractivity contribution >= 4 is 17.6 Å². The maximum atomic E-state index is 11.5. The fourth-order valence-corrected chi connectivity index (χ4v) is 2.05. The van der Waals surface area contributed by atoms with E-state index in [-0.39, 0.29) is 10.6 Å². The van der Waals surface area contributed by atoms with Crippen LogP contribution in [0.4, 0.5) is 0 Å². The number of carbonyl (C=O) groups is 1. The number of rotatable bonds is 2. The number of aryl methyl sites for hydroxylation is 1. The van der Waals surface area contributed by atoms with Gasteiger partial charge in [0.15, 0.2) is 0 Å². The highest BCUT2D eigenvalue weighted by atomic mass is 35.5. The smallest absolute Gasteiger partial charge is 0.362 e. The Balaban J connectivity index is 2.73. The molecule has 0 N–H and O–H groups in total. The fourth-order valence-electron chi connectivity index (χ4n) is 1.86. The number of aromatic carboxylic acids is 1. The van der Waals surface area contributed by atoms with Gasteiger partial charge in [0.2, 0.25) is 0 Å². The Morgan fingerprint density at radius 1 is 1.37 bits per heavy atom. The standard InChI is InChI=1S/C13H10ClNO4/c1-6-11(7(2)15-19-13(6)18)8-3-4-10(14)9(5-8)12(16)17/h3-5H,1-2H3,(H,16,17)/p-1. The molecule has 0 radical (unpaired) electrons. The molecule has 2 aromatic rings. The molecular formula is C13H9ClNO4-. The number of hydrogen-bond donors (Lipinski definition) is 0. The van der Waals surface area contributed by atoms with Crippen LogP contribution in [-0.4, -0.2) is 11.1 Å². The molecule has 2 rings (SSSR count). The first-order valence-corrected chi connectivity index (χ1v) is 5.78. The number of benzene rings is 1. The van der Waals surface area contributed by atoms with E-state index in [9.17, 15) is 14.7 Å². The molecule has 5 nitrogen and oxygen atoms in total. The average molecular weight is 279 g/mol. The number of carboxylic acids is 1. The molecule has 0 bridgehead atoms. The van der Waals surface area contributed by atoms with E-state index in [4.69, 9.17) is 11.6 Å². The molecule has 0 aliphatic carbocycles. The van der Waals surface area contributed by atoms with Gasteiger partial charge in [0, 0.05) is 21.7 Å². The summed E-state index contributed by atoms with van der Waals surface area (Å²) >= 11 is 5.77. The van der Waals surface area contributed by atoms with Crippen molar-refractivity contribution in [2.45, 2.75) is 13.8 Å². The summed E-state index contributed by atoms with van der Waals surface area (Å²) in [7, 11) is 0. The van der Waals surface area contributed by atoms with E-state index < -0.39 is 11.6 Å². The van der Waals surface area contributed by atoms with E-state index in [1.165, 1.54) is 12.1 Å². The van der Waals surface area contributed by atoms with E-state index in [2.05, 4.69) is 9.68 Å². The van der Waals surface area contributed by atoms with Crippen molar-refractivity contribution in [1.29, 1.82) is 0 Å². The lowest BCUT2D eigenvalue weighted by Crippen LogP contribution is -2.22. The normalized spacial score (nSPS) is 10.5. The fraction of sp³-hybridized carbons (Fsp3) is 0.154. The molecule has 1 aromatic heterocycles. The first-order chi connectivity index (χ1) is 8.91. The summed E-state index contributed by atoms with van der Waals surface area (Å²) in [6, 6.07) is 4.41. The van der Waals surface area contributed by atoms with Gasteiger partial charge in [0.1, 0.15) is 0 Å². The van der Waals surface area contributed by atoms with Crippen molar-refractivity contribution in [3.05, 3.63) is 50.5 Å². The van der Waals surface area contributed by atoms with Gasteiger partial charge in [-0.1, -0.05) is 22.8 Å². The predicted molar refractivity (Wildman–Crippen MR) is 67.0 cm³/mol. The van der Waals surface area contributed by atoms with Gasteiger partial charge in [-0.2, -0.15) is 0 Å². The van der Waals surface area contributed by atoms with Crippen LogP contribution >= 0.6 is 11.6 Å². The van der Waals surface area contributed by atoms with Crippen LogP contribution < -0.4 is 10.7 Å². The third-order valence-electron chi connectivity index (χ3n) is 2.78. The molecule has 6 heteroatoms. The Bertz CT molecular complexity index is 721. The van der Waals surface area contributed by atoms with Crippen LogP contribution in [0, 0.1) is 13.8 Å². The van der Waals surface area contributed by atoms with Crippen LogP contribution in [0.3, 0.4) is 0 Å². The molecule has 0 unspecified atom stereocenters. The van der Waals surface area contributed by atoms with E-state index >= 15 is 0 Å². The third kappa shape index (κ3) is 2.37. The first kappa shape index (κ1) is 13.3. The highest BCUT2D eigenvalue weighted by Gasteiger charge is 2.13. The molecular weight excluding hydrogens is 270 g/mol. The summed E-state index contributed by atoms with van der Waals surface area (Å²) in [4.78, 5) is 22.4. The van der Waals surface area contributed by atoms with Crippen molar-refractivity contribution in [1.82, 2.24) is 5.16 Å². The van der Waals surface area contributed by atoms with Crippen molar-refractivity contribution in [3.8, 4) is 11.1 Å². The Labute approximate surface area is 113 Å². The summed E-state index contributed by atoms with van der Waals surface area (Å²) in [5, 5.41) is 14.7. The van der Waals surface area contributed by atoms with Crippen LogP contribution in [0.1, 0.15) is 21.6 Å². The van der Waals surface area contributed by atoms with Gasteiger partial charge in [0.25, 0.3) is 0 Å². The number of carbonyl (C=O) groups excluding carboxylic acids is 1. The Morgan fingerprint density at radius 2 is 2.05 bits per heavy atom. The molecule has 19 heavy (non-hydrogen) atoms.